The Kier molecular flexibility index (Phi) is 3.73. The van der Waals surface area contributed by atoms with Crippen molar-refractivity contribution in [2.45, 2.75) is 19.8 Å². The number of hydrogen-bond donors (Lipinski definition) is 2. The Hall–Kier alpha value is -2.55. The molecule has 0 unspecified atom stereocenters. The summed E-state index contributed by atoms with van der Waals surface area (Å²) in [6.07, 6.45) is 3.21. The van der Waals surface area contributed by atoms with Crippen LogP contribution in [0.25, 0.3) is 10.9 Å². The van der Waals surface area contributed by atoms with Crippen molar-refractivity contribution in [2.75, 3.05) is 5.32 Å². The third-order valence-electron chi connectivity index (χ3n) is 3.63. The Labute approximate surface area is 124 Å². The van der Waals surface area contributed by atoms with E-state index in [0.717, 1.165) is 17.6 Å². The summed E-state index contributed by atoms with van der Waals surface area (Å²) in [5, 5.41) is 4.13. The van der Waals surface area contributed by atoms with Gasteiger partial charge in [0.15, 0.2) is 0 Å². The molecule has 0 atom stereocenters. The minimum Gasteiger partial charge on any atom is -0.361 e. The fraction of sp³-hybridized carbons (Fsp3) is 0.167. The van der Waals surface area contributed by atoms with E-state index >= 15 is 0 Å². The molecule has 2 N–H and O–H groups in total. The maximum atomic E-state index is 12.0. The number of H-pyrrole nitrogens is 1. The summed E-state index contributed by atoms with van der Waals surface area (Å²) in [6.45, 7) is 2.03. The van der Waals surface area contributed by atoms with E-state index in [-0.39, 0.29) is 5.91 Å². The molecule has 0 aliphatic heterocycles. The van der Waals surface area contributed by atoms with E-state index in [0.29, 0.717) is 6.42 Å². The zero-order valence-electron chi connectivity index (χ0n) is 12.0. The number of aromatic amines is 1. The Morgan fingerprint density at radius 2 is 1.86 bits per heavy atom. The van der Waals surface area contributed by atoms with Gasteiger partial charge in [-0.2, -0.15) is 0 Å². The molecule has 3 rings (SSSR count). The highest BCUT2D eigenvalue weighted by atomic mass is 16.1. The largest absolute Gasteiger partial charge is 0.361 e. The van der Waals surface area contributed by atoms with Gasteiger partial charge in [0.05, 0.1) is 0 Å². The van der Waals surface area contributed by atoms with Crippen LogP contribution in [0.15, 0.2) is 54.7 Å². The molecule has 0 saturated heterocycles. The number of benzene rings is 2. The quantitative estimate of drug-likeness (QED) is 0.743. The summed E-state index contributed by atoms with van der Waals surface area (Å²) < 4.78 is 0. The van der Waals surface area contributed by atoms with Crippen molar-refractivity contribution in [1.29, 1.82) is 0 Å². The van der Waals surface area contributed by atoms with Crippen molar-refractivity contribution in [3.8, 4) is 0 Å². The van der Waals surface area contributed by atoms with Gasteiger partial charge >= 0.3 is 0 Å². The summed E-state index contributed by atoms with van der Waals surface area (Å²) in [4.78, 5) is 15.2. The molecule has 106 valence electrons. The van der Waals surface area contributed by atoms with Crippen molar-refractivity contribution in [2.24, 2.45) is 0 Å². The van der Waals surface area contributed by atoms with Crippen molar-refractivity contribution in [3.63, 3.8) is 0 Å². The second-order valence-corrected chi connectivity index (χ2v) is 5.27. The van der Waals surface area contributed by atoms with Gasteiger partial charge in [0.2, 0.25) is 5.91 Å². The van der Waals surface area contributed by atoms with Crippen LogP contribution in [0.1, 0.15) is 17.5 Å². The lowest BCUT2D eigenvalue weighted by Gasteiger charge is -2.05. The molecule has 3 aromatic rings. The molecular weight excluding hydrogens is 260 g/mol. The van der Waals surface area contributed by atoms with Gasteiger partial charge in [-0.3, -0.25) is 4.79 Å². The Bertz CT molecular complexity index is 756. The van der Waals surface area contributed by atoms with Crippen LogP contribution < -0.4 is 5.32 Å². The number of para-hydroxylation sites is 1. The first-order valence-corrected chi connectivity index (χ1v) is 7.14. The molecule has 0 bridgehead atoms. The highest BCUT2D eigenvalue weighted by Crippen LogP contribution is 2.19. The Morgan fingerprint density at radius 3 is 2.67 bits per heavy atom. The van der Waals surface area contributed by atoms with E-state index in [2.05, 4.69) is 16.4 Å². The summed E-state index contributed by atoms with van der Waals surface area (Å²) in [5.74, 6) is 0.0455. The zero-order chi connectivity index (χ0) is 14.7. The first-order chi connectivity index (χ1) is 10.2. The van der Waals surface area contributed by atoms with Gasteiger partial charge in [0.1, 0.15) is 0 Å². The number of aryl methyl sites for hydroxylation is 2. The highest BCUT2D eigenvalue weighted by Gasteiger charge is 2.07. The number of fused-ring (bicyclic) bond motifs is 1. The number of amides is 1. The van der Waals surface area contributed by atoms with Crippen LogP contribution in [0.3, 0.4) is 0 Å². The maximum Gasteiger partial charge on any atom is 0.224 e. The zero-order valence-corrected chi connectivity index (χ0v) is 12.0. The molecule has 0 aliphatic carbocycles. The predicted molar refractivity (Wildman–Crippen MR) is 86.4 cm³/mol. The van der Waals surface area contributed by atoms with E-state index in [1.54, 1.807) is 0 Å². The van der Waals surface area contributed by atoms with Crippen LogP contribution in [0, 0.1) is 6.92 Å². The number of hydrogen-bond acceptors (Lipinski definition) is 1. The molecule has 21 heavy (non-hydrogen) atoms. The van der Waals surface area contributed by atoms with Gasteiger partial charge in [0, 0.05) is 29.2 Å². The monoisotopic (exact) mass is 278 g/mol. The molecular formula is C18H18N2O. The lowest BCUT2D eigenvalue weighted by Crippen LogP contribution is -2.12. The molecule has 0 saturated carbocycles. The normalized spacial score (nSPS) is 10.7. The van der Waals surface area contributed by atoms with Crippen molar-refractivity contribution in [1.82, 2.24) is 4.98 Å². The molecule has 1 amide bonds. The van der Waals surface area contributed by atoms with Gasteiger partial charge < -0.3 is 10.3 Å². The van der Waals surface area contributed by atoms with E-state index in [1.807, 2.05) is 55.6 Å². The molecule has 2 aromatic carbocycles. The molecule has 0 fully saturated rings. The molecule has 1 heterocycles. The van der Waals surface area contributed by atoms with Crippen LogP contribution in [-0.4, -0.2) is 10.9 Å². The van der Waals surface area contributed by atoms with Crippen LogP contribution in [0.5, 0.6) is 0 Å². The van der Waals surface area contributed by atoms with E-state index in [9.17, 15) is 4.79 Å². The second-order valence-electron chi connectivity index (χ2n) is 5.27. The first kappa shape index (κ1) is 13.4. The van der Waals surface area contributed by atoms with Gasteiger partial charge in [-0.1, -0.05) is 35.9 Å². The van der Waals surface area contributed by atoms with Crippen LogP contribution in [0.4, 0.5) is 5.69 Å². The van der Waals surface area contributed by atoms with E-state index < -0.39 is 0 Å². The fourth-order valence-electron chi connectivity index (χ4n) is 2.45. The molecule has 1 aromatic heterocycles. The maximum absolute atomic E-state index is 12.0. The smallest absolute Gasteiger partial charge is 0.224 e. The van der Waals surface area contributed by atoms with Crippen LogP contribution in [-0.2, 0) is 11.2 Å². The van der Waals surface area contributed by atoms with Crippen molar-refractivity contribution in [3.05, 3.63) is 65.9 Å². The third kappa shape index (κ3) is 3.14. The minimum atomic E-state index is 0.0455. The molecule has 3 nitrogen and oxygen atoms in total. The summed E-state index contributed by atoms with van der Waals surface area (Å²) in [6, 6.07) is 16.0. The Balaban J connectivity index is 1.62. The first-order valence-electron chi connectivity index (χ1n) is 7.14. The summed E-state index contributed by atoms with van der Waals surface area (Å²) >= 11 is 0. The highest BCUT2D eigenvalue weighted by molar-refractivity contribution is 5.91. The van der Waals surface area contributed by atoms with Crippen LogP contribution >= 0.6 is 0 Å². The molecule has 3 heteroatoms. The topological polar surface area (TPSA) is 44.9 Å². The number of carbonyl (C=O) groups excluding carboxylic acids is 1. The van der Waals surface area contributed by atoms with Gasteiger partial charge in [0.25, 0.3) is 0 Å². The number of carbonyl (C=O) groups is 1. The average molecular weight is 278 g/mol. The van der Waals surface area contributed by atoms with Gasteiger partial charge in [-0.05, 0) is 37.1 Å². The average Bonchev–Trinajstić information content (AvgIpc) is 2.91. The molecule has 0 aliphatic rings. The standard InChI is InChI=1S/C18H18N2O/c1-13-6-9-15(10-7-13)20-18(21)11-8-14-12-19-17-5-3-2-4-16(14)17/h2-7,9-10,12,19H,8,11H2,1H3,(H,20,21). The molecule has 0 radical (unpaired) electrons. The predicted octanol–water partition coefficient (Wildman–Crippen LogP) is 4.05. The lowest BCUT2D eigenvalue weighted by molar-refractivity contribution is -0.116. The van der Waals surface area contributed by atoms with Crippen molar-refractivity contribution < 1.29 is 4.79 Å². The van der Waals surface area contributed by atoms with E-state index in [1.165, 1.54) is 16.5 Å². The number of nitrogens with one attached hydrogen (secondary N) is 2. The number of aromatic nitrogens is 1. The van der Waals surface area contributed by atoms with Gasteiger partial charge in [-0.15, -0.1) is 0 Å². The number of anilines is 1. The minimum absolute atomic E-state index is 0.0455. The van der Waals surface area contributed by atoms with Crippen molar-refractivity contribution >= 4 is 22.5 Å². The van der Waals surface area contributed by atoms with Gasteiger partial charge in [-0.25, -0.2) is 0 Å². The van der Waals surface area contributed by atoms with E-state index in [4.69, 9.17) is 0 Å². The third-order valence-corrected chi connectivity index (χ3v) is 3.63. The fourth-order valence-corrected chi connectivity index (χ4v) is 2.45. The summed E-state index contributed by atoms with van der Waals surface area (Å²) in [7, 11) is 0. The second kappa shape index (κ2) is 5.83. The lowest BCUT2D eigenvalue weighted by atomic mass is 10.1. The number of rotatable bonds is 4. The Morgan fingerprint density at radius 1 is 1.10 bits per heavy atom. The SMILES string of the molecule is Cc1ccc(NC(=O)CCc2c[nH]c3ccccc23)cc1. The summed E-state index contributed by atoms with van der Waals surface area (Å²) in [5.41, 5.74) is 4.34. The van der Waals surface area contributed by atoms with Crippen LogP contribution in [0.2, 0.25) is 0 Å². The molecule has 0 spiro atoms.